The van der Waals surface area contributed by atoms with E-state index in [0.717, 1.165) is 31.5 Å². The summed E-state index contributed by atoms with van der Waals surface area (Å²) in [4.78, 5) is 28.7. The van der Waals surface area contributed by atoms with Gasteiger partial charge in [0.15, 0.2) is 0 Å². The Morgan fingerprint density at radius 3 is 2.19 bits per heavy atom. The highest BCUT2D eigenvalue weighted by molar-refractivity contribution is 6.30. The number of hydrogen-bond donors (Lipinski definition) is 0. The minimum atomic E-state index is -0.401. The second-order valence-electron chi connectivity index (χ2n) is 7.13. The predicted octanol–water partition coefficient (Wildman–Crippen LogP) is 3.99. The lowest BCUT2D eigenvalue weighted by Gasteiger charge is -2.35. The van der Waals surface area contributed by atoms with Crippen molar-refractivity contribution in [3.8, 4) is 0 Å². The first-order chi connectivity index (χ1) is 13.0. The van der Waals surface area contributed by atoms with Gasteiger partial charge in [0.25, 0.3) is 5.91 Å². The maximum atomic E-state index is 13.1. The van der Waals surface area contributed by atoms with Crippen molar-refractivity contribution >= 4 is 29.1 Å². The van der Waals surface area contributed by atoms with Gasteiger partial charge in [-0.3, -0.25) is 14.5 Å². The number of halogens is 2. The van der Waals surface area contributed by atoms with Gasteiger partial charge in [0.2, 0.25) is 5.91 Å². The molecule has 0 spiro atoms. The zero-order valence-electron chi connectivity index (χ0n) is 14.8. The number of hydrogen-bond acceptors (Lipinski definition) is 3. The Morgan fingerprint density at radius 1 is 0.926 bits per heavy atom. The Hall–Kier alpha value is -2.24. The van der Waals surface area contributed by atoms with Crippen molar-refractivity contribution in [2.24, 2.45) is 0 Å². The smallest absolute Gasteiger partial charge is 0.251 e. The third-order valence-electron chi connectivity index (χ3n) is 5.52. The first-order valence-electron chi connectivity index (χ1n) is 9.15. The number of imide groups is 1. The van der Waals surface area contributed by atoms with Gasteiger partial charge in [0.1, 0.15) is 5.82 Å². The summed E-state index contributed by atoms with van der Waals surface area (Å²) in [6.07, 6.45) is 2.00. The first kappa shape index (κ1) is 18.1. The van der Waals surface area contributed by atoms with Crippen molar-refractivity contribution in [1.29, 1.82) is 0 Å². The molecule has 140 valence electrons. The molecule has 2 aliphatic heterocycles. The van der Waals surface area contributed by atoms with Crippen molar-refractivity contribution in [2.45, 2.75) is 31.2 Å². The van der Waals surface area contributed by atoms with Gasteiger partial charge in [-0.05, 0) is 73.8 Å². The van der Waals surface area contributed by atoms with Crippen LogP contribution in [0.3, 0.4) is 0 Å². The number of anilines is 1. The largest absolute Gasteiger partial charge is 0.291 e. The SMILES string of the molecule is O=C1C[C@@H](N2CCC(c3ccc(F)cc3)CC2)C(=O)N1c1ccc(Cl)cc1. The fourth-order valence-corrected chi connectivity index (χ4v) is 4.17. The lowest BCUT2D eigenvalue weighted by Crippen LogP contribution is -2.45. The summed E-state index contributed by atoms with van der Waals surface area (Å²) >= 11 is 5.90. The summed E-state index contributed by atoms with van der Waals surface area (Å²) in [7, 11) is 0. The molecule has 6 heteroatoms. The molecule has 2 amide bonds. The Morgan fingerprint density at radius 2 is 1.56 bits per heavy atom. The molecule has 0 bridgehead atoms. The number of benzene rings is 2. The lowest BCUT2D eigenvalue weighted by atomic mass is 9.89. The van der Waals surface area contributed by atoms with Crippen molar-refractivity contribution < 1.29 is 14.0 Å². The van der Waals surface area contributed by atoms with Crippen molar-refractivity contribution in [1.82, 2.24) is 4.90 Å². The van der Waals surface area contributed by atoms with E-state index in [1.54, 1.807) is 24.3 Å². The highest BCUT2D eigenvalue weighted by Gasteiger charge is 2.43. The quantitative estimate of drug-likeness (QED) is 0.749. The molecule has 0 unspecified atom stereocenters. The fourth-order valence-electron chi connectivity index (χ4n) is 4.04. The molecule has 2 fully saturated rings. The summed E-state index contributed by atoms with van der Waals surface area (Å²) < 4.78 is 13.1. The Kier molecular flexibility index (Phi) is 4.98. The average Bonchev–Trinajstić information content (AvgIpc) is 2.98. The van der Waals surface area contributed by atoms with Gasteiger partial charge in [-0.2, -0.15) is 0 Å². The highest BCUT2D eigenvalue weighted by Crippen LogP contribution is 2.32. The second-order valence-corrected chi connectivity index (χ2v) is 7.56. The van der Waals surface area contributed by atoms with Gasteiger partial charge in [-0.15, -0.1) is 0 Å². The molecule has 0 aliphatic carbocycles. The normalized spacial score (nSPS) is 21.9. The molecule has 1 atom stereocenters. The summed E-state index contributed by atoms with van der Waals surface area (Å²) in [6.45, 7) is 1.50. The number of likely N-dealkylation sites (tertiary alicyclic amines) is 1. The zero-order chi connectivity index (χ0) is 19.0. The minimum absolute atomic E-state index is 0.164. The van der Waals surface area contributed by atoms with Crippen molar-refractivity contribution in [3.05, 3.63) is 64.9 Å². The van der Waals surface area contributed by atoms with Crippen LogP contribution >= 0.6 is 11.6 Å². The van der Waals surface area contributed by atoms with Crippen LogP contribution in [0, 0.1) is 5.82 Å². The van der Waals surface area contributed by atoms with Crippen LogP contribution in [0.1, 0.15) is 30.7 Å². The number of nitrogens with zero attached hydrogens (tertiary/aromatic N) is 2. The van der Waals surface area contributed by atoms with Gasteiger partial charge >= 0.3 is 0 Å². The molecule has 2 heterocycles. The maximum absolute atomic E-state index is 13.1. The van der Waals surface area contributed by atoms with Crippen LogP contribution in [0.25, 0.3) is 0 Å². The van der Waals surface area contributed by atoms with E-state index in [1.807, 2.05) is 12.1 Å². The molecule has 4 rings (SSSR count). The second kappa shape index (κ2) is 7.41. The number of piperidine rings is 1. The molecule has 0 aromatic heterocycles. The molecule has 2 aromatic rings. The van der Waals surface area contributed by atoms with Gasteiger partial charge in [0, 0.05) is 5.02 Å². The van der Waals surface area contributed by atoms with Crippen molar-refractivity contribution in [2.75, 3.05) is 18.0 Å². The van der Waals surface area contributed by atoms with Gasteiger partial charge < -0.3 is 0 Å². The van der Waals surface area contributed by atoms with E-state index in [2.05, 4.69) is 4.90 Å². The molecule has 0 radical (unpaired) electrons. The van der Waals surface area contributed by atoms with Crippen LogP contribution in [-0.2, 0) is 9.59 Å². The third-order valence-corrected chi connectivity index (χ3v) is 5.77. The summed E-state index contributed by atoms with van der Waals surface area (Å²) in [5, 5.41) is 0.567. The first-order valence-corrected chi connectivity index (χ1v) is 9.52. The monoisotopic (exact) mass is 386 g/mol. The molecule has 27 heavy (non-hydrogen) atoms. The van der Waals surface area contributed by atoms with Crippen LogP contribution < -0.4 is 4.90 Å². The Balaban J connectivity index is 1.43. The molecule has 4 nitrogen and oxygen atoms in total. The summed E-state index contributed by atoms with van der Waals surface area (Å²) in [5.41, 5.74) is 1.70. The standard InChI is InChI=1S/C21H20ClFN2O2/c22-16-3-7-18(8-4-16)25-20(26)13-19(21(25)27)24-11-9-15(10-12-24)14-1-5-17(23)6-2-14/h1-8,15,19H,9-13H2/t19-/m1/s1. The van der Waals surface area contributed by atoms with Crippen LogP contribution in [-0.4, -0.2) is 35.8 Å². The fraction of sp³-hybridized carbons (Fsp3) is 0.333. The van der Waals surface area contributed by atoms with E-state index >= 15 is 0 Å². The van der Waals surface area contributed by atoms with E-state index in [9.17, 15) is 14.0 Å². The topological polar surface area (TPSA) is 40.6 Å². The predicted molar refractivity (Wildman–Crippen MR) is 102 cm³/mol. The van der Waals surface area contributed by atoms with E-state index in [1.165, 1.54) is 17.0 Å². The number of carbonyl (C=O) groups excluding carboxylic acids is 2. The zero-order valence-corrected chi connectivity index (χ0v) is 15.5. The lowest BCUT2D eigenvalue weighted by molar-refractivity contribution is -0.123. The number of rotatable bonds is 3. The van der Waals surface area contributed by atoms with E-state index in [-0.39, 0.29) is 24.1 Å². The molecule has 2 saturated heterocycles. The van der Waals surface area contributed by atoms with Gasteiger partial charge in [-0.25, -0.2) is 9.29 Å². The van der Waals surface area contributed by atoms with E-state index in [4.69, 9.17) is 11.6 Å². The van der Waals surface area contributed by atoms with Gasteiger partial charge in [-0.1, -0.05) is 23.7 Å². The molecule has 0 saturated carbocycles. The maximum Gasteiger partial charge on any atom is 0.251 e. The highest BCUT2D eigenvalue weighted by atomic mass is 35.5. The Labute approximate surface area is 162 Å². The van der Waals surface area contributed by atoms with E-state index < -0.39 is 6.04 Å². The Bertz CT molecular complexity index is 845. The molecule has 2 aromatic carbocycles. The molecule has 2 aliphatic rings. The van der Waals surface area contributed by atoms with Gasteiger partial charge in [0.05, 0.1) is 18.2 Å². The van der Waals surface area contributed by atoms with Crippen LogP contribution in [0.5, 0.6) is 0 Å². The van der Waals surface area contributed by atoms with Crippen molar-refractivity contribution in [3.63, 3.8) is 0 Å². The molecular weight excluding hydrogens is 367 g/mol. The van der Waals surface area contributed by atoms with Crippen LogP contribution in [0.15, 0.2) is 48.5 Å². The van der Waals surface area contributed by atoms with E-state index in [0.29, 0.717) is 16.6 Å². The summed E-state index contributed by atoms with van der Waals surface area (Å²) in [5.74, 6) is -0.203. The third kappa shape index (κ3) is 3.62. The molecular formula is C21H20ClFN2O2. The number of amides is 2. The molecule has 0 N–H and O–H groups in total. The summed E-state index contributed by atoms with van der Waals surface area (Å²) in [6, 6.07) is 13.0. The van der Waals surface area contributed by atoms with Crippen LogP contribution in [0.2, 0.25) is 5.02 Å². The minimum Gasteiger partial charge on any atom is -0.291 e. The average molecular weight is 387 g/mol. The number of carbonyl (C=O) groups is 2. The van der Waals surface area contributed by atoms with Crippen LogP contribution in [0.4, 0.5) is 10.1 Å².